The molecule has 2 heterocycles. The van der Waals surface area contributed by atoms with Crippen LogP contribution in [0.15, 0.2) is 12.1 Å². The SMILES string of the molecule is CC(C)(C)OC(=O)N1CCc2c(ccc(N3CCCC3=O)c2F)C1. The summed E-state index contributed by atoms with van der Waals surface area (Å²) in [5, 5.41) is 0. The van der Waals surface area contributed by atoms with E-state index >= 15 is 0 Å². The molecule has 0 atom stereocenters. The van der Waals surface area contributed by atoms with Gasteiger partial charge in [0, 0.05) is 26.1 Å². The molecule has 3 rings (SSSR count). The Morgan fingerprint density at radius 1 is 1.21 bits per heavy atom. The van der Waals surface area contributed by atoms with Crippen molar-refractivity contribution in [3.05, 3.63) is 29.1 Å². The van der Waals surface area contributed by atoms with Gasteiger partial charge in [-0.3, -0.25) is 4.79 Å². The Kier molecular flexibility index (Phi) is 4.24. The third-order valence-electron chi connectivity index (χ3n) is 4.33. The van der Waals surface area contributed by atoms with Crippen LogP contribution >= 0.6 is 0 Å². The number of anilines is 1. The normalized spacial score (nSPS) is 17.9. The molecule has 0 unspecified atom stereocenters. The van der Waals surface area contributed by atoms with Crippen molar-refractivity contribution < 1.29 is 18.7 Å². The van der Waals surface area contributed by atoms with Crippen molar-refractivity contribution in [1.82, 2.24) is 4.90 Å². The van der Waals surface area contributed by atoms with Crippen LogP contribution in [0.5, 0.6) is 0 Å². The van der Waals surface area contributed by atoms with Crippen molar-refractivity contribution in [3.8, 4) is 0 Å². The Morgan fingerprint density at radius 3 is 2.58 bits per heavy atom. The predicted molar refractivity (Wildman–Crippen MR) is 88.3 cm³/mol. The van der Waals surface area contributed by atoms with Crippen LogP contribution in [0, 0.1) is 5.82 Å². The van der Waals surface area contributed by atoms with Gasteiger partial charge >= 0.3 is 6.09 Å². The van der Waals surface area contributed by atoms with E-state index in [2.05, 4.69) is 0 Å². The first-order chi connectivity index (χ1) is 11.3. The van der Waals surface area contributed by atoms with Gasteiger partial charge < -0.3 is 14.5 Å². The molecule has 1 saturated heterocycles. The number of rotatable bonds is 1. The molecule has 1 fully saturated rings. The Labute approximate surface area is 141 Å². The Hall–Kier alpha value is -2.11. The number of benzene rings is 1. The number of fused-ring (bicyclic) bond motifs is 1. The van der Waals surface area contributed by atoms with Gasteiger partial charge in [-0.25, -0.2) is 9.18 Å². The summed E-state index contributed by atoms with van der Waals surface area (Å²) in [5.41, 5.74) is 1.19. The average Bonchev–Trinajstić information content (AvgIpc) is 2.91. The predicted octanol–water partition coefficient (Wildman–Crippen LogP) is 3.25. The second-order valence-electron chi connectivity index (χ2n) is 7.34. The van der Waals surface area contributed by atoms with Gasteiger partial charge in [0.1, 0.15) is 5.60 Å². The van der Waals surface area contributed by atoms with E-state index in [0.29, 0.717) is 43.7 Å². The van der Waals surface area contributed by atoms with Crippen LogP contribution in [0.1, 0.15) is 44.7 Å². The molecule has 0 spiro atoms. The van der Waals surface area contributed by atoms with E-state index in [1.165, 1.54) is 4.90 Å². The lowest BCUT2D eigenvalue weighted by Gasteiger charge is -2.32. The summed E-state index contributed by atoms with van der Waals surface area (Å²) < 4.78 is 20.2. The minimum absolute atomic E-state index is 0.0277. The Bertz CT molecular complexity index is 682. The largest absolute Gasteiger partial charge is 0.444 e. The van der Waals surface area contributed by atoms with Gasteiger partial charge in [-0.15, -0.1) is 0 Å². The molecule has 0 bridgehead atoms. The lowest BCUT2D eigenvalue weighted by atomic mass is 9.98. The van der Waals surface area contributed by atoms with E-state index in [1.54, 1.807) is 11.0 Å². The van der Waals surface area contributed by atoms with Crippen LogP contribution < -0.4 is 4.90 Å². The molecule has 2 aliphatic heterocycles. The standard InChI is InChI=1S/C18H23FN2O3/c1-18(2,3)24-17(23)20-10-8-13-12(11-20)6-7-14(16(13)19)21-9-4-5-15(21)22/h6-7H,4-5,8-11H2,1-3H3. The summed E-state index contributed by atoms with van der Waals surface area (Å²) in [6.45, 7) is 6.77. The maximum Gasteiger partial charge on any atom is 0.410 e. The van der Waals surface area contributed by atoms with Crippen molar-refractivity contribution in [3.63, 3.8) is 0 Å². The second-order valence-corrected chi connectivity index (χ2v) is 7.34. The maximum atomic E-state index is 14.9. The second kappa shape index (κ2) is 6.07. The molecule has 1 aromatic carbocycles. The van der Waals surface area contributed by atoms with E-state index < -0.39 is 5.60 Å². The molecule has 5 nitrogen and oxygen atoms in total. The van der Waals surface area contributed by atoms with E-state index in [0.717, 1.165) is 12.0 Å². The molecule has 2 amide bonds. The van der Waals surface area contributed by atoms with Crippen LogP contribution in [0.3, 0.4) is 0 Å². The van der Waals surface area contributed by atoms with Crippen LogP contribution in [0.4, 0.5) is 14.9 Å². The minimum atomic E-state index is -0.553. The highest BCUT2D eigenvalue weighted by atomic mass is 19.1. The Morgan fingerprint density at radius 2 is 1.96 bits per heavy atom. The number of carbonyl (C=O) groups is 2. The van der Waals surface area contributed by atoms with Gasteiger partial charge in [-0.05, 0) is 50.8 Å². The van der Waals surface area contributed by atoms with E-state index in [9.17, 15) is 14.0 Å². The van der Waals surface area contributed by atoms with E-state index in [1.807, 2.05) is 26.8 Å². The Balaban J connectivity index is 1.80. The van der Waals surface area contributed by atoms with Crippen molar-refractivity contribution >= 4 is 17.7 Å². The molecular weight excluding hydrogens is 311 g/mol. The third-order valence-corrected chi connectivity index (χ3v) is 4.33. The fourth-order valence-corrected chi connectivity index (χ4v) is 3.19. The van der Waals surface area contributed by atoms with Crippen LogP contribution in [0.2, 0.25) is 0 Å². The van der Waals surface area contributed by atoms with Crippen molar-refractivity contribution in [2.45, 2.75) is 52.2 Å². The van der Waals surface area contributed by atoms with Gasteiger partial charge in [0.25, 0.3) is 0 Å². The molecule has 24 heavy (non-hydrogen) atoms. The zero-order valence-electron chi connectivity index (χ0n) is 14.4. The number of hydrogen-bond donors (Lipinski definition) is 0. The number of ether oxygens (including phenoxy) is 1. The number of amides is 2. The topological polar surface area (TPSA) is 49.9 Å². The van der Waals surface area contributed by atoms with E-state index in [-0.39, 0.29) is 17.8 Å². The fourth-order valence-electron chi connectivity index (χ4n) is 3.19. The highest BCUT2D eigenvalue weighted by molar-refractivity contribution is 5.95. The highest BCUT2D eigenvalue weighted by Crippen LogP contribution is 2.31. The fraction of sp³-hybridized carbons (Fsp3) is 0.556. The number of halogens is 1. The van der Waals surface area contributed by atoms with Crippen molar-refractivity contribution in [2.75, 3.05) is 18.0 Å². The first-order valence-electron chi connectivity index (χ1n) is 8.35. The minimum Gasteiger partial charge on any atom is -0.444 e. The average molecular weight is 334 g/mol. The zero-order valence-corrected chi connectivity index (χ0v) is 14.4. The third kappa shape index (κ3) is 3.23. The molecule has 0 N–H and O–H groups in total. The molecule has 1 aromatic rings. The molecule has 130 valence electrons. The van der Waals surface area contributed by atoms with Crippen molar-refractivity contribution in [2.24, 2.45) is 0 Å². The molecule has 2 aliphatic rings. The van der Waals surface area contributed by atoms with Crippen LogP contribution in [0.25, 0.3) is 0 Å². The molecule has 0 aliphatic carbocycles. The molecule has 0 radical (unpaired) electrons. The van der Waals surface area contributed by atoms with Crippen LogP contribution in [-0.2, 0) is 22.5 Å². The van der Waals surface area contributed by atoms with Gasteiger partial charge in [-0.2, -0.15) is 0 Å². The zero-order chi connectivity index (χ0) is 17.5. The monoisotopic (exact) mass is 334 g/mol. The first-order valence-corrected chi connectivity index (χ1v) is 8.35. The maximum absolute atomic E-state index is 14.9. The summed E-state index contributed by atoms with van der Waals surface area (Å²) >= 11 is 0. The summed E-state index contributed by atoms with van der Waals surface area (Å²) in [5.74, 6) is -0.355. The number of hydrogen-bond acceptors (Lipinski definition) is 3. The van der Waals surface area contributed by atoms with Gasteiger partial charge in [-0.1, -0.05) is 6.07 Å². The summed E-state index contributed by atoms with van der Waals surface area (Å²) in [7, 11) is 0. The van der Waals surface area contributed by atoms with Crippen molar-refractivity contribution in [1.29, 1.82) is 0 Å². The highest BCUT2D eigenvalue weighted by Gasteiger charge is 2.30. The summed E-state index contributed by atoms with van der Waals surface area (Å²) in [6.07, 6.45) is 1.29. The first kappa shape index (κ1) is 16.7. The van der Waals surface area contributed by atoms with Gasteiger partial charge in [0.05, 0.1) is 5.69 Å². The van der Waals surface area contributed by atoms with Gasteiger partial charge in [0.2, 0.25) is 5.91 Å². The summed E-state index contributed by atoms with van der Waals surface area (Å²) in [4.78, 5) is 27.2. The molecule has 0 saturated carbocycles. The lowest BCUT2D eigenvalue weighted by molar-refractivity contribution is -0.117. The molecule has 6 heteroatoms. The molecular formula is C18H23FN2O3. The quantitative estimate of drug-likeness (QED) is 0.792. The van der Waals surface area contributed by atoms with E-state index in [4.69, 9.17) is 4.74 Å². The molecule has 0 aromatic heterocycles. The van der Waals surface area contributed by atoms with Gasteiger partial charge in [0.15, 0.2) is 5.82 Å². The van der Waals surface area contributed by atoms with Crippen LogP contribution in [-0.4, -0.2) is 35.6 Å². The summed E-state index contributed by atoms with van der Waals surface area (Å²) in [6, 6.07) is 3.46. The lowest BCUT2D eigenvalue weighted by Crippen LogP contribution is -2.40. The number of carbonyl (C=O) groups excluding carboxylic acids is 2. The number of nitrogens with zero attached hydrogens (tertiary/aromatic N) is 2. The smallest absolute Gasteiger partial charge is 0.410 e.